The SMILES string of the molecule is CCSCCNCC(O)C(F)F. The van der Waals surface area contributed by atoms with Crippen molar-refractivity contribution in [2.75, 3.05) is 24.6 Å². The molecule has 0 heterocycles. The molecular weight excluding hydrogens is 184 g/mol. The molecule has 0 saturated heterocycles. The highest BCUT2D eigenvalue weighted by Crippen LogP contribution is 1.99. The van der Waals surface area contributed by atoms with Crippen LogP contribution < -0.4 is 5.32 Å². The quantitative estimate of drug-likeness (QED) is 0.599. The van der Waals surface area contributed by atoms with E-state index in [0.717, 1.165) is 11.5 Å². The molecule has 1 unspecified atom stereocenters. The van der Waals surface area contributed by atoms with Gasteiger partial charge in [-0.2, -0.15) is 11.8 Å². The third-order valence-corrected chi connectivity index (χ3v) is 2.17. The lowest BCUT2D eigenvalue weighted by atomic mass is 10.4. The Morgan fingerprint density at radius 1 is 1.50 bits per heavy atom. The van der Waals surface area contributed by atoms with Gasteiger partial charge in [-0.25, -0.2) is 8.78 Å². The Bertz CT molecular complexity index is 105. The first kappa shape index (κ1) is 12.1. The van der Waals surface area contributed by atoms with Crippen LogP contribution >= 0.6 is 11.8 Å². The molecule has 0 aromatic rings. The molecular formula is C7H15F2NOS. The minimum atomic E-state index is -2.64. The number of thioether (sulfide) groups is 1. The van der Waals surface area contributed by atoms with E-state index in [1.165, 1.54) is 0 Å². The average Bonchev–Trinajstić information content (AvgIpc) is 2.03. The van der Waals surface area contributed by atoms with E-state index in [0.29, 0.717) is 6.54 Å². The molecule has 12 heavy (non-hydrogen) atoms. The molecule has 1 atom stereocenters. The number of aliphatic hydroxyl groups excluding tert-OH is 1. The Hall–Kier alpha value is 0.130. The summed E-state index contributed by atoms with van der Waals surface area (Å²) in [5.41, 5.74) is 0. The van der Waals surface area contributed by atoms with Gasteiger partial charge in [0.2, 0.25) is 0 Å². The van der Waals surface area contributed by atoms with Gasteiger partial charge in [0.05, 0.1) is 0 Å². The van der Waals surface area contributed by atoms with Gasteiger partial charge in [0.15, 0.2) is 0 Å². The first-order chi connectivity index (χ1) is 5.68. The van der Waals surface area contributed by atoms with Crippen LogP contribution in [0.3, 0.4) is 0 Å². The molecule has 0 aromatic carbocycles. The average molecular weight is 199 g/mol. The van der Waals surface area contributed by atoms with E-state index in [9.17, 15) is 8.78 Å². The van der Waals surface area contributed by atoms with E-state index in [2.05, 4.69) is 5.32 Å². The highest BCUT2D eigenvalue weighted by Gasteiger charge is 2.15. The summed E-state index contributed by atoms with van der Waals surface area (Å²) in [5, 5.41) is 11.4. The van der Waals surface area contributed by atoms with E-state index >= 15 is 0 Å². The minimum absolute atomic E-state index is 0.0259. The summed E-state index contributed by atoms with van der Waals surface area (Å²) in [5.74, 6) is 1.92. The van der Waals surface area contributed by atoms with Crippen molar-refractivity contribution in [3.63, 3.8) is 0 Å². The van der Waals surface area contributed by atoms with Crippen molar-refractivity contribution in [3.8, 4) is 0 Å². The largest absolute Gasteiger partial charge is 0.386 e. The molecule has 0 saturated carbocycles. The summed E-state index contributed by atoms with van der Waals surface area (Å²) in [7, 11) is 0. The van der Waals surface area contributed by atoms with Crippen molar-refractivity contribution in [1.82, 2.24) is 5.32 Å². The van der Waals surface area contributed by atoms with Crippen molar-refractivity contribution in [2.45, 2.75) is 19.5 Å². The second kappa shape index (κ2) is 7.76. The molecule has 5 heteroatoms. The Labute approximate surface area is 75.7 Å². The fourth-order valence-corrected chi connectivity index (χ4v) is 1.21. The summed E-state index contributed by atoms with van der Waals surface area (Å²) in [6.45, 7) is 2.68. The maximum absolute atomic E-state index is 11.7. The van der Waals surface area contributed by atoms with E-state index < -0.39 is 12.5 Å². The molecule has 0 aliphatic rings. The van der Waals surface area contributed by atoms with Crippen LogP contribution in [0.1, 0.15) is 6.92 Å². The van der Waals surface area contributed by atoms with Crippen LogP contribution in [-0.2, 0) is 0 Å². The molecule has 0 aliphatic carbocycles. The number of alkyl halides is 2. The number of hydrogen-bond acceptors (Lipinski definition) is 3. The summed E-state index contributed by atoms with van der Waals surface area (Å²) < 4.78 is 23.4. The van der Waals surface area contributed by atoms with Crippen molar-refractivity contribution in [3.05, 3.63) is 0 Å². The van der Waals surface area contributed by atoms with Crippen molar-refractivity contribution in [2.24, 2.45) is 0 Å². The van der Waals surface area contributed by atoms with E-state index in [-0.39, 0.29) is 6.54 Å². The number of aliphatic hydroxyl groups is 1. The zero-order chi connectivity index (χ0) is 9.40. The van der Waals surface area contributed by atoms with Gasteiger partial charge in [0, 0.05) is 18.8 Å². The summed E-state index contributed by atoms with van der Waals surface area (Å²) >= 11 is 1.74. The fourth-order valence-electron chi connectivity index (χ4n) is 0.628. The molecule has 0 fully saturated rings. The standard InChI is InChI=1S/C7H15F2NOS/c1-2-12-4-3-10-5-6(11)7(8)9/h6-7,10-11H,2-5H2,1H3. The van der Waals surface area contributed by atoms with Gasteiger partial charge in [0.25, 0.3) is 6.43 Å². The van der Waals surface area contributed by atoms with Gasteiger partial charge in [-0.05, 0) is 5.75 Å². The Morgan fingerprint density at radius 3 is 2.67 bits per heavy atom. The molecule has 0 aliphatic heterocycles. The molecule has 0 bridgehead atoms. The van der Waals surface area contributed by atoms with Gasteiger partial charge >= 0.3 is 0 Å². The zero-order valence-electron chi connectivity index (χ0n) is 7.09. The number of rotatable bonds is 7. The van der Waals surface area contributed by atoms with Crippen LogP contribution in [0.15, 0.2) is 0 Å². The zero-order valence-corrected chi connectivity index (χ0v) is 7.91. The predicted octanol–water partition coefficient (Wildman–Crippen LogP) is 0.955. The molecule has 2 nitrogen and oxygen atoms in total. The van der Waals surface area contributed by atoms with Crippen LogP contribution in [0, 0.1) is 0 Å². The molecule has 74 valence electrons. The Balaban J connectivity index is 3.08. The fraction of sp³-hybridized carbons (Fsp3) is 1.00. The topological polar surface area (TPSA) is 32.3 Å². The van der Waals surface area contributed by atoms with Crippen LogP contribution in [-0.4, -0.2) is 42.2 Å². The summed E-state index contributed by atoms with van der Waals surface area (Å²) in [6, 6.07) is 0. The van der Waals surface area contributed by atoms with Crippen LogP contribution in [0.4, 0.5) is 8.78 Å². The number of hydrogen-bond donors (Lipinski definition) is 2. The third-order valence-electron chi connectivity index (χ3n) is 1.27. The summed E-state index contributed by atoms with van der Waals surface area (Å²) in [4.78, 5) is 0. The van der Waals surface area contributed by atoms with Crippen molar-refractivity contribution in [1.29, 1.82) is 0 Å². The van der Waals surface area contributed by atoms with Crippen molar-refractivity contribution >= 4 is 11.8 Å². The molecule has 0 rings (SSSR count). The third kappa shape index (κ3) is 6.82. The van der Waals surface area contributed by atoms with Gasteiger partial charge in [-0.3, -0.25) is 0 Å². The number of nitrogens with one attached hydrogen (secondary N) is 1. The first-order valence-electron chi connectivity index (χ1n) is 3.93. The molecule has 0 spiro atoms. The van der Waals surface area contributed by atoms with E-state index in [1.54, 1.807) is 11.8 Å². The van der Waals surface area contributed by atoms with Crippen LogP contribution in [0.25, 0.3) is 0 Å². The highest BCUT2D eigenvalue weighted by molar-refractivity contribution is 7.99. The van der Waals surface area contributed by atoms with Gasteiger partial charge in [-0.15, -0.1) is 0 Å². The minimum Gasteiger partial charge on any atom is -0.386 e. The molecule has 0 aromatic heterocycles. The van der Waals surface area contributed by atoms with Crippen LogP contribution in [0.2, 0.25) is 0 Å². The second-order valence-electron chi connectivity index (χ2n) is 2.30. The van der Waals surface area contributed by atoms with Gasteiger partial charge in [-0.1, -0.05) is 6.92 Å². The van der Waals surface area contributed by atoms with Gasteiger partial charge in [0.1, 0.15) is 6.10 Å². The lowest BCUT2D eigenvalue weighted by Crippen LogP contribution is -2.33. The maximum atomic E-state index is 11.7. The second-order valence-corrected chi connectivity index (χ2v) is 3.70. The Morgan fingerprint density at radius 2 is 2.17 bits per heavy atom. The van der Waals surface area contributed by atoms with Crippen molar-refractivity contribution < 1.29 is 13.9 Å². The van der Waals surface area contributed by atoms with E-state index in [1.807, 2.05) is 6.92 Å². The van der Waals surface area contributed by atoms with Gasteiger partial charge < -0.3 is 10.4 Å². The smallest absolute Gasteiger partial charge is 0.265 e. The highest BCUT2D eigenvalue weighted by atomic mass is 32.2. The maximum Gasteiger partial charge on any atom is 0.265 e. The monoisotopic (exact) mass is 199 g/mol. The molecule has 0 radical (unpaired) electrons. The normalized spacial score (nSPS) is 13.8. The predicted molar refractivity (Wildman–Crippen MR) is 47.9 cm³/mol. The molecule has 2 N–H and O–H groups in total. The Kier molecular flexibility index (Phi) is 7.85. The summed E-state index contributed by atoms with van der Waals surface area (Å²) in [6.07, 6.45) is -4.17. The first-order valence-corrected chi connectivity index (χ1v) is 5.08. The number of halogens is 2. The van der Waals surface area contributed by atoms with Crippen LogP contribution in [0.5, 0.6) is 0 Å². The van der Waals surface area contributed by atoms with E-state index in [4.69, 9.17) is 5.11 Å². The molecule has 0 amide bonds. The lowest BCUT2D eigenvalue weighted by molar-refractivity contribution is -0.00291. The lowest BCUT2D eigenvalue weighted by Gasteiger charge is -2.09.